The van der Waals surface area contributed by atoms with E-state index >= 15 is 0 Å². The first kappa shape index (κ1) is 17.7. The molecule has 0 spiro atoms. The summed E-state index contributed by atoms with van der Waals surface area (Å²) >= 11 is 1.52. The predicted octanol–water partition coefficient (Wildman–Crippen LogP) is 3.47. The molecule has 3 aromatic rings. The summed E-state index contributed by atoms with van der Waals surface area (Å²) in [7, 11) is 0. The molecule has 9 heteroatoms. The predicted molar refractivity (Wildman–Crippen MR) is 95.3 cm³/mol. The van der Waals surface area contributed by atoms with E-state index in [0.717, 1.165) is 5.56 Å². The van der Waals surface area contributed by atoms with Crippen LogP contribution in [0.5, 0.6) is 0 Å². The molecule has 0 atom stereocenters. The van der Waals surface area contributed by atoms with Crippen molar-refractivity contribution >= 4 is 34.5 Å². The first-order chi connectivity index (χ1) is 12.5. The van der Waals surface area contributed by atoms with Gasteiger partial charge in [-0.2, -0.15) is 16.3 Å². The van der Waals surface area contributed by atoms with E-state index in [1.54, 1.807) is 0 Å². The van der Waals surface area contributed by atoms with Gasteiger partial charge in [-0.15, -0.1) is 0 Å². The summed E-state index contributed by atoms with van der Waals surface area (Å²) in [5, 5.41) is 12.7. The number of aromatic nitrogens is 2. The van der Waals surface area contributed by atoms with Gasteiger partial charge in [0.15, 0.2) is 0 Å². The number of hydrogen-bond acceptors (Lipinski definition) is 6. The molecule has 3 rings (SSSR count). The number of hydrogen-bond donors (Lipinski definition) is 2. The van der Waals surface area contributed by atoms with Gasteiger partial charge in [0.1, 0.15) is 5.82 Å². The first-order valence-electron chi connectivity index (χ1n) is 7.73. The summed E-state index contributed by atoms with van der Waals surface area (Å²) in [6.45, 7) is 1.34. The number of carbonyl (C=O) groups is 2. The van der Waals surface area contributed by atoms with Crippen molar-refractivity contribution in [3.63, 3.8) is 0 Å². The summed E-state index contributed by atoms with van der Waals surface area (Å²) in [6.07, 6.45) is 0.283. The lowest BCUT2D eigenvalue weighted by Crippen LogP contribution is -2.14. The Kier molecular flexibility index (Phi) is 5.37. The van der Waals surface area contributed by atoms with Gasteiger partial charge in [0.25, 0.3) is 0 Å². The molecule has 2 amide bonds. The Morgan fingerprint density at radius 2 is 2.12 bits per heavy atom. The standard InChI is InChI=1S/C17H15FN4O3S/c1-10(23)19-12-2-3-13(18)14(8-12)20-15(24)4-5-16-21-17(22-25-16)11-6-7-26-9-11/h2-3,6-9H,4-5H2,1H3,(H,19,23)(H,20,24). The Balaban J connectivity index is 1.58. The molecular formula is C17H15FN4O3S. The second kappa shape index (κ2) is 7.87. The molecule has 0 saturated carbocycles. The lowest BCUT2D eigenvalue weighted by atomic mass is 10.2. The SMILES string of the molecule is CC(=O)Nc1ccc(F)c(NC(=O)CCc2nc(-c3ccsc3)no2)c1. The molecule has 0 radical (unpaired) electrons. The van der Waals surface area contributed by atoms with Crippen molar-refractivity contribution < 1.29 is 18.5 Å². The third kappa shape index (κ3) is 4.51. The molecule has 0 unspecified atom stereocenters. The minimum Gasteiger partial charge on any atom is -0.339 e. The second-order valence-corrected chi connectivity index (χ2v) is 6.23. The average molecular weight is 374 g/mol. The van der Waals surface area contributed by atoms with Crippen LogP contribution in [-0.2, 0) is 16.0 Å². The van der Waals surface area contributed by atoms with Crippen molar-refractivity contribution in [2.45, 2.75) is 19.8 Å². The van der Waals surface area contributed by atoms with Crippen LogP contribution in [0.3, 0.4) is 0 Å². The lowest BCUT2D eigenvalue weighted by Gasteiger charge is -2.08. The third-order valence-corrected chi connectivity index (χ3v) is 4.06. The average Bonchev–Trinajstić information content (AvgIpc) is 3.26. The van der Waals surface area contributed by atoms with E-state index in [-0.39, 0.29) is 24.4 Å². The van der Waals surface area contributed by atoms with Gasteiger partial charge in [0.05, 0.1) is 5.69 Å². The molecule has 2 heterocycles. The van der Waals surface area contributed by atoms with Gasteiger partial charge in [-0.1, -0.05) is 5.16 Å². The van der Waals surface area contributed by atoms with Crippen molar-refractivity contribution in [2.24, 2.45) is 0 Å². The monoisotopic (exact) mass is 374 g/mol. The number of amides is 2. The van der Waals surface area contributed by atoms with Crippen molar-refractivity contribution in [3.8, 4) is 11.4 Å². The minimum absolute atomic E-state index is 0.00857. The van der Waals surface area contributed by atoms with Crippen molar-refractivity contribution in [3.05, 3.63) is 46.7 Å². The van der Waals surface area contributed by atoms with E-state index in [1.165, 1.54) is 36.5 Å². The van der Waals surface area contributed by atoms with E-state index in [0.29, 0.717) is 17.4 Å². The molecule has 0 bridgehead atoms. The number of nitrogens with one attached hydrogen (secondary N) is 2. The highest BCUT2D eigenvalue weighted by Crippen LogP contribution is 2.21. The highest BCUT2D eigenvalue weighted by molar-refractivity contribution is 7.08. The maximum atomic E-state index is 13.8. The van der Waals surface area contributed by atoms with Gasteiger partial charge in [-0.25, -0.2) is 4.39 Å². The Labute approximate surface area is 152 Å². The van der Waals surface area contributed by atoms with Gasteiger partial charge in [-0.3, -0.25) is 9.59 Å². The molecule has 0 fully saturated rings. The fraction of sp³-hybridized carbons (Fsp3) is 0.176. The van der Waals surface area contributed by atoms with Gasteiger partial charge in [0.2, 0.25) is 23.5 Å². The van der Waals surface area contributed by atoms with E-state index < -0.39 is 11.7 Å². The maximum Gasteiger partial charge on any atom is 0.227 e. The quantitative estimate of drug-likeness (QED) is 0.689. The fourth-order valence-electron chi connectivity index (χ4n) is 2.20. The molecule has 7 nitrogen and oxygen atoms in total. The first-order valence-corrected chi connectivity index (χ1v) is 8.67. The van der Waals surface area contributed by atoms with E-state index in [4.69, 9.17) is 4.52 Å². The van der Waals surface area contributed by atoms with Crippen molar-refractivity contribution in [1.29, 1.82) is 0 Å². The van der Waals surface area contributed by atoms with Crippen LogP contribution >= 0.6 is 11.3 Å². The molecule has 0 aliphatic rings. The number of anilines is 2. The number of benzene rings is 1. The van der Waals surface area contributed by atoms with Crippen LogP contribution in [0.2, 0.25) is 0 Å². The van der Waals surface area contributed by atoms with Crippen LogP contribution in [0.1, 0.15) is 19.2 Å². The molecule has 0 aliphatic heterocycles. The zero-order valence-corrected chi connectivity index (χ0v) is 14.6. The maximum absolute atomic E-state index is 13.8. The molecule has 26 heavy (non-hydrogen) atoms. The van der Waals surface area contributed by atoms with Gasteiger partial charge in [0, 0.05) is 36.4 Å². The van der Waals surface area contributed by atoms with Gasteiger partial charge in [-0.05, 0) is 29.6 Å². The Morgan fingerprint density at radius 1 is 1.27 bits per heavy atom. The zero-order valence-electron chi connectivity index (χ0n) is 13.8. The molecule has 0 aliphatic carbocycles. The largest absolute Gasteiger partial charge is 0.339 e. The van der Waals surface area contributed by atoms with Crippen LogP contribution < -0.4 is 10.6 Å². The molecule has 134 valence electrons. The fourth-order valence-corrected chi connectivity index (χ4v) is 2.83. The van der Waals surface area contributed by atoms with Gasteiger partial charge < -0.3 is 15.2 Å². The van der Waals surface area contributed by atoms with Crippen LogP contribution in [0.15, 0.2) is 39.5 Å². The van der Waals surface area contributed by atoms with Crippen LogP contribution in [-0.4, -0.2) is 22.0 Å². The highest BCUT2D eigenvalue weighted by Gasteiger charge is 2.13. The minimum atomic E-state index is -0.593. The summed E-state index contributed by atoms with van der Waals surface area (Å²) in [6, 6.07) is 5.82. The number of aryl methyl sites for hydroxylation is 1. The van der Waals surface area contributed by atoms with Gasteiger partial charge >= 0.3 is 0 Å². The molecule has 2 aromatic heterocycles. The number of carbonyl (C=O) groups excluding carboxylic acids is 2. The summed E-state index contributed by atoms with van der Waals surface area (Å²) in [5.74, 6) is -0.486. The summed E-state index contributed by atoms with van der Waals surface area (Å²) in [4.78, 5) is 27.3. The molecule has 2 N–H and O–H groups in total. The van der Waals surface area contributed by atoms with E-state index in [1.807, 2.05) is 16.8 Å². The highest BCUT2D eigenvalue weighted by atomic mass is 32.1. The number of halogens is 1. The Hall–Kier alpha value is -3.07. The summed E-state index contributed by atoms with van der Waals surface area (Å²) in [5.41, 5.74) is 1.24. The normalized spacial score (nSPS) is 10.5. The number of nitrogens with zero attached hydrogens (tertiary/aromatic N) is 2. The topological polar surface area (TPSA) is 97.1 Å². The lowest BCUT2D eigenvalue weighted by molar-refractivity contribution is -0.116. The van der Waals surface area contributed by atoms with E-state index in [2.05, 4.69) is 20.8 Å². The third-order valence-electron chi connectivity index (χ3n) is 3.37. The molecule has 1 aromatic carbocycles. The Morgan fingerprint density at radius 3 is 2.85 bits per heavy atom. The van der Waals surface area contributed by atoms with Crippen LogP contribution in [0, 0.1) is 5.82 Å². The smallest absolute Gasteiger partial charge is 0.227 e. The van der Waals surface area contributed by atoms with Crippen LogP contribution in [0.4, 0.5) is 15.8 Å². The van der Waals surface area contributed by atoms with Crippen LogP contribution in [0.25, 0.3) is 11.4 Å². The number of thiophene rings is 1. The molecular weight excluding hydrogens is 359 g/mol. The zero-order chi connectivity index (χ0) is 18.5. The van der Waals surface area contributed by atoms with E-state index in [9.17, 15) is 14.0 Å². The number of rotatable bonds is 6. The van der Waals surface area contributed by atoms with Crippen molar-refractivity contribution in [2.75, 3.05) is 10.6 Å². The van der Waals surface area contributed by atoms with Crippen molar-refractivity contribution in [1.82, 2.24) is 10.1 Å². The molecule has 0 saturated heterocycles. The summed E-state index contributed by atoms with van der Waals surface area (Å²) < 4.78 is 18.9. The Bertz CT molecular complexity index is 924. The second-order valence-electron chi connectivity index (χ2n) is 5.45.